The number of halogens is 2. The maximum absolute atomic E-state index is 12.4. The number of hydrogen-bond donors (Lipinski definition) is 0. The van der Waals surface area contributed by atoms with E-state index in [4.69, 9.17) is 4.74 Å². The number of alkyl halides is 2. The zero-order valence-corrected chi connectivity index (χ0v) is 15.2. The molecule has 4 nitrogen and oxygen atoms in total. The van der Waals surface area contributed by atoms with Gasteiger partial charge in [0.05, 0.1) is 12.7 Å². The number of aromatic nitrogens is 1. The standard InChI is InChI=1S/C18H18F2N2O2S/c1-10-11(2)14(8-21)17(22-12(10)3)25-9-13-5-6-15(24-18(19)20)16(7-13)23-4/h5-7,18H,9H2,1-4H3. The third-order valence-corrected chi connectivity index (χ3v) is 4.94. The fraction of sp³-hybridized carbons (Fsp3) is 0.333. The number of hydrogen-bond acceptors (Lipinski definition) is 5. The van der Waals surface area contributed by atoms with Crippen LogP contribution < -0.4 is 9.47 Å². The Labute approximate surface area is 149 Å². The third-order valence-electron chi connectivity index (χ3n) is 3.89. The van der Waals surface area contributed by atoms with E-state index in [2.05, 4.69) is 15.8 Å². The number of benzene rings is 1. The average Bonchev–Trinajstić information content (AvgIpc) is 2.58. The summed E-state index contributed by atoms with van der Waals surface area (Å²) in [5.41, 5.74) is 4.24. The number of ether oxygens (including phenoxy) is 2. The Morgan fingerprint density at radius 3 is 2.52 bits per heavy atom. The molecule has 0 amide bonds. The van der Waals surface area contributed by atoms with Crippen molar-refractivity contribution in [2.24, 2.45) is 0 Å². The zero-order valence-electron chi connectivity index (χ0n) is 14.4. The SMILES string of the molecule is COc1cc(CSc2nc(C)c(C)c(C)c2C#N)ccc1OC(F)F. The summed E-state index contributed by atoms with van der Waals surface area (Å²) in [5, 5.41) is 10.1. The van der Waals surface area contributed by atoms with Crippen molar-refractivity contribution in [3.8, 4) is 17.6 Å². The average molecular weight is 364 g/mol. The predicted molar refractivity (Wildman–Crippen MR) is 92.4 cm³/mol. The van der Waals surface area contributed by atoms with Crippen LogP contribution in [0.3, 0.4) is 0 Å². The first-order valence-corrected chi connectivity index (χ1v) is 8.48. The highest BCUT2D eigenvalue weighted by Gasteiger charge is 2.14. The Morgan fingerprint density at radius 1 is 1.20 bits per heavy atom. The molecular weight excluding hydrogens is 346 g/mol. The quantitative estimate of drug-likeness (QED) is 0.691. The maximum Gasteiger partial charge on any atom is 0.387 e. The number of nitriles is 1. The van der Waals surface area contributed by atoms with Gasteiger partial charge >= 0.3 is 6.61 Å². The van der Waals surface area contributed by atoms with Crippen LogP contribution in [0, 0.1) is 32.1 Å². The van der Waals surface area contributed by atoms with Gasteiger partial charge in [0.2, 0.25) is 0 Å². The molecule has 2 aromatic rings. The van der Waals surface area contributed by atoms with Crippen molar-refractivity contribution < 1.29 is 18.3 Å². The van der Waals surface area contributed by atoms with Gasteiger partial charge in [-0.2, -0.15) is 14.0 Å². The minimum atomic E-state index is -2.91. The lowest BCUT2D eigenvalue weighted by Gasteiger charge is -2.13. The summed E-state index contributed by atoms with van der Waals surface area (Å²) in [6.45, 7) is 2.86. The van der Waals surface area contributed by atoms with Crippen LogP contribution >= 0.6 is 11.8 Å². The first-order valence-electron chi connectivity index (χ1n) is 7.49. The highest BCUT2D eigenvalue weighted by Crippen LogP contribution is 2.33. The molecule has 0 spiro atoms. The Morgan fingerprint density at radius 2 is 1.92 bits per heavy atom. The second kappa shape index (κ2) is 8.17. The minimum absolute atomic E-state index is 0.0101. The van der Waals surface area contributed by atoms with Crippen molar-refractivity contribution in [1.82, 2.24) is 4.98 Å². The molecule has 1 heterocycles. The van der Waals surface area contributed by atoms with E-state index in [-0.39, 0.29) is 11.5 Å². The lowest BCUT2D eigenvalue weighted by atomic mass is 10.1. The lowest BCUT2D eigenvalue weighted by molar-refractivity contribution is -0.0512. The summed E-state index contributed by atoms with van der Waals surface area (Å²) >= 11 is 1.42. The van der Waals surface area contributed by atoms with Crippen LogP contribution in [0.1, 0.15) is 27.9 Å². The fourth-order valence-electron chi connectivity index (χ4n) is 2.29. The van der Waals surface area contributed by atoms with E-state index in [1.807, 2.05) is 20.8 Å². The molecule has 0 N–H and O–H groups in total. The molecule has 1 aromatic carbocycles. The first kappa shape index (κ1) is 19.0. The van der Waals surface area contributed by atoms with E-state index in [9.17, 15) is 14.0 Å². The maximum atomic E-state index is 12.4. The molecule has 0 saturated carbocycles. The molecular formula is C18H18F2N2O2S. The van der Waals surface area contributed by atoms with Gasteiger partial charge in [-0.1, -0.05) is 6.07 Å². The normalized spacial score (nSPS) is 10.6. The number of rotatable bonds is 6. The summed E-state index contributed by atoms with van der Waals surface area (Å²) < 4.78 is 34.3. The number of thioether (sulfide) groups is 1. The van der Waals surface area contributed by atoms with Crippen molar-refractivity contribution >= 4 is 11.8 Å². The number of aryl methyl sites for hydroxylation is 1. The molecule has 0 atom stereocenters. The largest absolute Gasteiger partial charge is 0.493 e. The Bertz CT molecular complexity index is 820. The van der Waals surface area contributed by atoms with Crippen LogP contribution in [-0.2, 0) is 5.75 Å². The first-order chi connectivity index (χ1) is 11.9. The topological polar surface area (TPSA) is 55.1 Å². The van der Waals surface area contributed by atoms with Gasteiger partial charge in [-0.15, -0.1) is 11.8 Å². The van der Waals surface area contributed by atoms with Crippen LogP contribution in [0.5, 0.6) is 11.5 Å². The van der Waals surface area contributed by atoms with Gasteiger partial charge in [0.15, 0.2) is 11.5 Å². The zero-order chi connectivity index (χ0) is 18.6. The van der Waals surface area contributed by atoms with E-state index < -0.39 is 6.61 Å². The number of pyridine rings is 1. The van der Waals surface area contributed by atoms with Crippen molar-refractivity contribution in [2.45, 2.75) is 38.2 Å². The van der Waals surface area contributed by atoms with E-state index >= 15 is 0 Å². The van der Waals surface area contributed by atoms with Gasteiger partial charge in [-0.3, -0.25) is 0 Å². The van der Waals surface area contributed by atoms with Crippen molar-refractivity contribution in [2.75, 3.05) is 7.11 Å². The van der Waals surface area contributed by atoms with Gasteiger partial charge < -0.3 is 9.47 Å². The second-order valence-electron chi connectivity index (χ2n) is 5.39. The highest BCUT2D eigenvalue weighted by molar-refractivity contribution is 7.98. The Hall–Kier alpha value is -2.33. The van der Waals surface area contributed by atoms with Gasteiger partial charge in [-0.25, -0.2) is 4.98 Å². The van der Waals surface area contributed by atoms with Crippen LogP contribution in [0.4, 0.5) is 8.78 Å². The third kappa shape index (κ3) is 4.40. The predicted octanol–water partition coefficient (Wildman–Crippen LogP) is 4.78. The smallest absolute Gasteiger partial charge is 0.387 e. The molecule has 25 heavy (non-hydrogen) atoms. The van der Waals surface area contributed by atoms with Crippen LogP contribution in [0.2, 0.25) is 0 Å². The molecule has 2 rings (SSSR count). The molecule has 0 aliphatic heterocycles. The summed E-state index contributed by atoms with van der Waals surface area (Å²) in [6.07, 6.45) is 0. The molecule has 0 saturated heterocycles. The van der Waals surface area contributed by atoms with Gasteiger partial charge in [0, 0.05) is 11.4 Å². The van der Waals surface area contributed by atoms with Gasteiger partial charge in [0.1, 0.15) is 11.1 Å². The molecule has 0 unspecified atom stereocenters. The van der Waals surface area contributed by atoms with Crippen LogP contribution in [0.25, 0.3) is 0 Å². The summed E-state index contributed by atoms with van der Waals surface area (Å²) in [7, 11) is 1.40. The van der Waals surface area contributed by atoms with Crippen LogP contribution in [-0.4, -0.2) is 18.7 Å². The minimum Gasteiger partial charge on any atom is -0.493 e. The lowest BCUT2D eigenvalue weighted by Crippen LogP contribution is -2.03. The summed E-state index contributed by atoms with van der Waals surface area (Å²) in [6, 6.07) is 6.99. The van der Waals surface area contributed by atoms with E-state index in [0.29, 0.717) is 16.3 Å². The summed E-state index contributed by atoms with van der Waals surface area (Å²) in [4.78, 5) is 4.50. The number of methoxy groups -OCH3 is 1. The highest BCUT2D eigenvalue weighted by atomic mass is 32.2. The molecule has 0 fully saturated rings. The Kier molecular flexibility index (Phi) is 6.21. The van der Waals surface area contributed by atoms with E-state index in [0.717, 1.165) is 22.4 Å². The monoisotopic (exact) mass is 364 g/mol. The van der Waals surface area contributed by atoms with Gasteiger partial charge in [0.25, 0.3) is 0 Å². The van der Waals surface area contributed by atoms with Crippen molar-refractivity contribution in [1.29, 1.82) is 5.26 Å². The van der Waals surface area contributed by atoms with Crippen molar-refractivity contribution in [3.05, 3.63) is 46.1 Å². The molecule has 1 aromatic heterocycles. The number of nitrogens with zero attached hydrogens (tertiary/aromatic N) is 2. The molecule has 0 aliphatic rings. The molecule has 7 heteroatoms. The van der Waals surface area contributed by atoms with E-state index in [1.54, 1.807) is 12.1 Å². The Balaban J connectivity index is 2.24. The van der Waals surface area contributed by atoms with Crippen molar-refractivity contribution in [3.63, 3.8) is 0 Å². The van der Waals surface area contributed by atoms with Crippen LogP contribution in [0.15, 0.2) is 23.2 Å². The molecule has 0 aliphatic carbocycles. The molecule has 132 valence electrons. The van der Waals surface area contributed by atoms with E-state index in [1.165, 1.54) is 24.9 Å². The molecule has 0 bridgehead atoms. The van der Waals surface area contributed by atoms with Gasteiger partial charge in [-0.05, 0) is 49.6 Å². The second-order valence-corrected chi connectivity index (χ2v) is 6.36. The molecule has 0 radical (unpaired) electrons. The fourth-order valence-corrected chi connectivity index (χ4v) is 3.32. The summed E-state index contributed by atoms with van der Waals surface area (Å²) in [5.74, 6) is 0.752.